The van der Waals surface area contributed by atoms with Crippen LogP contribution in [0.2, 0.25) is 0 Å². The number of aliphatic hydroxyl groups is 2. The van der Waals surface area contributed by atoms with Crippen LogP contribution in [0.5, 0.6) is 0 Å². The monoisotopic (exact) mass is 322 g/mol. The van der Waals surface area contributed by atoms with Gasteiger partial charge in [-0.15, -0.1) is 11.6 Å². The van der Waals surface area contributed by atoms with Crippen molar-refractivity contribution >= 4 is 11.6 Å². The Bertz CT molecular complexity index is 439. The van der Waals surface area contributed by atoms with E-state index in [1.165, 1.54) is 0 Å². The molecule has 9 heteroatoms. The molecule has 0 amide bonds. The predicted molar refractivity (Wildman–Crippen MR) is 58.1 cm³/mol. The first kappa shape index (κ1) is 17.1. The Morgan fingerprint density at radius 2 is 1.35 bits per heavy atom. The summed E-state index contributed by atoms with van der Waals surface area (Å²) in [4.78, 5) is 0. The highest BCUT2D eigenvalue weighted by Crippen LogP contribution is 2.42. The molecule has 0 fully saturated rings. The fraction of sp³-hybridized carbons (Fsp3) is 0.455. The van der Waals surface area contributed by atoms with Gasteiger partial charge in [-0.05, 0) is 12.1 Å². The fourth-order valence-electron chi connectivity index (χ4n) is 1.66. The Kier molecular flexibility index (Phi) is 4.94. The van der Waals surface area contributed by atoms with Crippen molar-refractivity contribution in [2.45, 2.75) is 24.6 Å². The summed E-state index contributed by atoms with van der Waals surface area (Å²) in [5, 5.41) is 18.8. The van der Waals surface area contributed by atoms with E-state index in [2.05, 4.69) is 0 Å². The maximum absolute atomic E-state index is 12.8. The van der Waals surface area contributed by atoms with Gasteiger partial charge >= 0.3 is 12.4 Å². The largest absolute Gasteiger partial charge is 0.416 e. The molecule has 2 unspecified atom stereocenters. The smallest absolute Gasteiger partial charge is 0.389 e. The maximum Gasteiger partial charge on any atom is 0.416 e. The van der Waals surface area contributed by atoms with Gasteiger partial charge in [-0.25, -0.2) is 0 Å². The normalized spacial score (nSPS) is 16.1. The molecule has 20 heavy (non-hydrogen) atoms. The Morgan fingerprint density at radius 1 is 0.950 bits per heavy atom. The van der Waals surface area contributed by atoms with Gasteiger partial charge in [0.15, 0.2) is 0 Å². The van der Waals surface area contributed by atoms with Crippen LogP contribution in [0.4, 0.5) is 26.3 Å². The van der Waals surface area contributed by atoms with Crippen molar-refractivity contribution in [3.8, 4) is 0 Å². The summed E-state index contributed by atoms with van der Waals surface area (Å²) in [6.45, 7) is 0. The molecule has 0 heterocycles. The Hall–Kier alpha value is -0.990. The number of hydrogen-bond acceptors (Lipinski definition) is 2. The third-order valence-corrected chi connectivity index (χ3v) is 2.85. The quantitative estimate of drug-likeness (QED) is 0.662. The minimum atomic E-state index is -5.11. The van der Waals surface area contributed by atoms with Crippen LogP contribution < -0.4 is 0 Å². The predicted octanol–water partition coefficient (Wildman–Crippen LogP) is 3.36. The lowest BCUT2D eigenvalue weighted by atomic mass is 9.93. The van der Waals surface area contributed by atoms with Gasteiger partial charge in [0.1, 0.15) is 6.10 Å². The van der Waals surface area contributed by atoms with Crippen molar-refractivity contribution < 1.29 is 36.6 Å². The molecule has 0 radical (unpaired) electrons. The molecule has 0 aliphatic rings. The number of benzene rings is 1. The van der Waals surface area contributed by atoms with Crippen LogP contribution in [0.25, 0.3) is 0 Å². The van der Waals surface area contributed by atoms with Gasteiger partial charge in [-0.2, -0.15) is 26.3 Å². The summed E-state index contributed by atoms with van der Waals surface area (Å²) in [5.74, 6) is -0.718. The van der Waals surface area contributed by atoms with Crippen LogP contribution in [0.15, 0.2) is 18.2 Å². The molecule has 2 atom stereocenters. The number of aliphatic hydroxyl groups excluding tert-OH is 2. The van der Waals surface area contributed by atoms with E-state index >= 15 is 0 Å². The lowest BCUT2D eigenvalue weighted by Crippen LogP contribution is -2.26. The van der Waals surface area contributed by atoms with Gasteiger partial charge < -0.3 is 10.2 Å². The van der Waals surface area contributed by atoms with Gasteiger partial charge in [-0.1, -0.05) is 6.07 Å². The lowest BCUT2D eigenvalue weighted by Gasteiger charge is -2.24. The highest BCUT2D eigenvalue weighted by Gasteiger charge is 2.43. The van der Waals surface area contributed by atoms with Crippen LogP contribution >= 0.6 is 11.6 Å². The zero-order valence-corrected chi connectivity index (χ0v) is 10.4. The molecule has 0 aliphatic carbocycles. The van der Waals surface area contributed by atoms with E-state index < -0.39 is 47.1 Å². The molecule has 1 rings (SSSR count). The van der Waals surface area contributed by atoms with Crippen LogP contribution in [-0.4, -0.2) is 22.2 Å². The molecular formula is C11H9ClF6O2. The second-order valence-electron chi connectivity index (χ2n) is 3.93. The zero-order valence-electron chi connectivity index (χ0n) is 9.63. The van der Waals surface area contributed by atoms with Gasteiger partial charge in [-0.3, -0.25) is 0 Å². The number of rotatable bonds is 3. The number of alkyl halides is 7. The van der Waals surface area contributed by atoms with Crippen LogP contribution in [0.1, 0.15) is 22.8 Å². The molecule has 1 aromatic carbocycles. The van der Waals surface area contributed by atoms with Crippen molar-refractivity contribution in [1.29, 1.82) is 0 Å². The van der Waals surface area contributed by atoms with Crippen LogP contribution in [-0.2, 0) is 12.4 Å². The summed E-state index contributed by atoms with van der Waals surface area (Å²) in [5.41, 5.74) is -4.76. The average Bonchev–Trinajstić information content (AvgIpc) is 2.33. The van der Waals surface area contributed by atoms with E-state index in [-0.39, 0.29) is 0 Å². The standard InChI is InChI=1S/C11H9ClF6O2/c12-4-7(19)9(20)8-5(10(13,14)15)2-1-3-6(8)11(16,17)18/h1-3,7,9,19-20H,4H2. The topological polar surface area (TPSA) is 40.5 Å². The van der Waals surface area contributed by atoms with Gasteiger partial charge in [0, 0.05) is 5.56 Å². The first-order valence-electron chi connectivity index (χ1n) is 5.19. The zero-order chi connectivity index (χ0) is 15.7. The highest BCUT2D eigenvalue weighted by atomic mass is 35.5. The van der Waals surface area contributed by atoms with Crippen LogP contribution in [0.3, 0.4) is 0 Å². The molecule has 0 saturated carbocycles. The SMILES string of the molecule is OC(CCl)C(O)c1c(C(F)(F)F)cccc1C(F)(F)F. The lowest BCUT2D eigenvalue weighted by molar-refractivity contribution is -0.147. The molecule has 2 nitrogen and oxygen atoms in total. The Morgan fingerprint density at radius 3 is 1.65 bits per heavy atom. The van der Waals surface area contributed by atoms with E-state index in [0.29, 0.717) is 18.2 Å². The van der Waals surface area contributed by atoms with E-state index in [1.807, 2.05) is 0 Å². The average molecular weight is 323 g/mol. The third kappa shape index (κ3) is 3.56. The molecule has 1 aromatic rings. The van der Waals surface area contributed by atoms with Gasteiger partial charge in [0.2, 0.25) is 0 Å². The first-order chi connectivity index (χ1) is 9.00. The molecule has 0 spiro atoms. The van der Waals surface area contributed by atoms with Crippen LogP contribution in [0, 0.1) is 0 Å². The molecular weight excluding hydrogens is 314 g/mol. The molecule has 0 aliphatic heterocycles. The van der Waals surface area contributed by atoms with E-state index in [0.717, 1.165) is 0 Å². The summed E-state index contributed by atoms with van der Waals surface area (Å²) < 4.78 is 76.5. The number of halogens is 7. The number of hydrogen-bond donors (Lipinski definition) is 2. The minimum Gasteiger partial charge on any atom is -0.389 e. The van der Waals surface area contributed by atoms with Crippen molar-refractivity contribution in [2.24, 2.45) is 0 Å². The summed E-state index contributed by atoms with van der Waals surface area (Å²) >= 11 is 5.16. The van der Waals surface area contributed by atoms with E-state index in [4.69, 9.17) is 11.6 Å². The van der Waals surface area contributed by atoms with Crippen molar-refractivity contribution in [1.82, 2.24) is 0 Å². The third-order valence-electron chi connectivity index (χ3n) is 2.54. The van der Waals surface area contributed by atoms with Crippen molar-refractivity contribution in [2.75, 3.05) is 5.88 Å². The molecule has 0 aromatic heterocycles. The van der Waals surface area contributed by atoms with E-state index in [1.54, 1.807) is 0 Å². The van der Waals surface area contributed by atoms with Crippen molar-refractivity contribution in [3.63, 3.8) is 0 Å². The second kappa shape index (κ2) is 5.79. The fourth-order valence-corrected chi connectivity index (χ4v) is 1.82. The summed E-state index contributed by atoms with van der Waals surface area (Å²) in [6.07, 6.45) is -14.6. The van der Waals surface area contributed by atoms with Gasteiger partial charge in [0.25, 0.3) is 0 Å². The molecule has 2 N–H and O–H groups in total. The summed E-state index contributed by atoms with van der Waals surface area (Å²) in [6, 6.07) is 1.37. The van der Waals surface area contributed by atoms with E-state index in [9.17, 15) is 36.6 Å². The molecule has 114 valence electrons. The Balaban J connectivity index is 3.57. The first-order valence-corrected chi connectivity index (χ1v) is 5.73. The van der Waals surface area contributed by atoms with Gasteiger partial charge in [0.05, 0.1) is 23.1 Å². The molecule has 0 bridgehead atoms. The minimum absolute atomic E-state index is 0.398. The highest BCUT2D eigenvalue weighted by molar-refractivity contribution is 6.18. The Labute approximate surface area is 114 Å². The second-order valence-corrected chi connectivity index (χ2v) is 4.24. The molecule has 0 saturated heterocycles. The maximum atomic E-state index is 12.8. The van der Waals surface area contributed by atoms with Crippen molar-refractivity contribution in [3.05, 3.63) is 34.9 Å². The summed E-state index contributed by atoms with van der Waals surface area (Å²) in [7, 11) is 0.